The van der Waals surface area contributed by atoms with E-state index in [0.29, 0.717) is 6.42 Å². The Morgan fingerprint density at radius 1 is 1.35 bits per heavy atom. The number of hydroxylamine groups is 2. The molecule has 2 atom stereocenters. The van der Waals surface area contributed by atoms with Gasteiger partial charge in [-0.05, 0) is 19.4 Å². The van der Waals surface area contributed by atoms with Gasteiger partial charge in [-0.25, -0.2) is 5.06 Å². The molecule has 108 valence electrons. The van der Waals surface area contributed by atoms with Crippen molar-refractivity contribution >= 4 is 5.91 Å². The minimum atomic E-state index is -0.296. The number of ether oxygens (including phenoxy) is 1. The summed E-state index contributed by atoms with van der Waals surface area (Å²) < 4.78 is 5.65. The molecule has 0 spiro atoms. The number of rotatable bonds is 5. The van der Waals surface area contributed by atoms with E-state index in [2.05, 4.69) is 0 Å². The van der Waals surface area contributed by atoms with Crippen molar-refractivity contribution in [1.82, 2.24) is 5.06 Å². The van der Waals surface area contributed by atoms with Crippen molar-refractivity contribution in [2.24, 2.45) is 0 Å². The lowest BCUT2D eigenvalue weighted by molar-refractivity contribution is -0.172. The maximum atomic E-state index is 12.0. The summed E-state index contributed by atoms with van der Waals surface area (Å²) in [5.74, 6) is -0.295. The third-order valence-corrected chi connectivity index (χ3v) is 3.24. The fraction of sp³-hybridized carbons (Fsp3) is 0.438. The first kappa shape index (κ1) is 14.8. The van der Waals surface area contributed by atoms with Crippen LogP contribution in [-0.4, -0.2) is 34.4 Å². The summed E-state index contributed by atoms with van der Waals surface area (Å²) in [7, 11) is 0. The van der Waals surface area contributed by atoms with Crippen LogP contribution in [0.25, 0.3) is 0 Å². The molecule has 0 heterocycles. The van der Waals surface area contributed by atoms with Crippen LogP contribution in [0.15, 0.2) is 42.5 Å². The Hall–Kier alpha value is -1.65. The first-order valence-corrected chi connectivity index (χ1v) is 6.95. The van der Waals surface area contributed by atoms with Crippen LogP contribution in [0.2, 0.25) is 0 Å². The lowest BCUT2D eigenvalue weighted by atomic mass is 10.1. The van der Waals surface area contributed by atoms with Crippen LogP contribution in [0.5, 0.6) is 0 Å². The smallest absolute Gasteiger partial charge is 0.250 e. The quantitative estimate of drug-likeness (QED) is 0.510. The Morgan fingerprint density at radius 2 is 2.05 bits per heavy atom. The highest BCUT2D eigenvalue weighted by Gasteiger charge is 2.27. The van der Waals surface area contributed by atoms with Crippen LogP contribution in [-0.2, 0) is 16.0 Å². The Kier molecular flexibility index (Phi) is 4.93. The van der Waals surface area contributed by atoms with Gasteiger partial charge in [0.05, 0.1) is 24.7 Å². The lowest BCUT2D eigenvalue weighted by Crippen LogP contribution is -2.37. The molecule has 1 aliphatic carbocycles. The van der Waals surface area contributed by atoms with Gasteiger partial charge in [0.25, 0.3) is 5.91 Å². The number of carbonyl (C=O) groups excluding carboxylic acids is 1. The zero-order chi connectivity index (χ0) is 14.5. The predicted octanol–water partition coefficient (Wildman–Crippen LogP) is 2.57. The maximum absolute atomic E-state index is 12.0. The molecular formula is C16H21NO3. The highest BCUT2D eigenvalue weighted by molar-refractivity contribution is 5.78. The van der Waals surface area contributed by atoms with Crippen LogP contribution >= 0.6 is 0 Å². The van der Waals surface area contributed by atoms with E-state index >= 15 is 0 Å². The first-order chi connectivity index (χ1) is 9.56. The zero-order valence-corrected chi connectivity index (χ0v) is 11.9. The van der Waals surface area contributed by atoms with Crippen molar-refractivity contribution in [2.45, 2.75) is 44.9 Å². The molecule has 20 heavy (non-hydrogen) atoms. The fourth-order valence-corrected chi connectivity index (χ4v) is 2.32. The van der Waals surface area contributed by atoms with Gasteiger partial charge in [0, 0.05) is 6.42 Å². The summed E-state index contributed by atoms with van der Waals surface area (Å²) in [6.45, 7) is 3.94. The van der Waals surface area contributed by atoms with E-state index in [1.54, 1.807) is 0 Å². The normalized spacial score (nSPS) is 21.4. The predicted molar refractivity (Wildman–Crippen MR) is 76.3 cm³/mol. The lowest BCUT2D eigenvalue weighted by Gasteiger charge is -2.22. The molecule has 2 rings (SSSR count). The van der Waals surface area contributed by atoms with Crippen LogP contribution in [0, 0.1) is 0 Å². The summed E-state index contributed by atoms with van der Waals surface area (Å²) in [6.07, 6.45) is 4.65. The highest BCUT2D eigenvalue weighted by Crippen LogP contribution is 2.20. The SMILES string of the molecule is CC(C)O[C@H]1C=C[C@@H](N(O)C(=O)Cc2ccccc2)C1. The molecule has 0 aliphatic heterocycles. The number of hydrogen-bond donors (Lipinski definition) is 1. The number of hydrogen-bond acceptors (Lipinski definition) is 3. The van der Waals surface area contributed by atoms with E-state index in [4.69, 9.17) is 4.74 Å². The van der Waals surface area contributed by atoms with Gasteiger partial charge in [-0.2, -0.15) is 0 Å². The summed E-state index contributed by atoms with van der Waals surface area (Å²) >= 11 is 0. The van der Waals surface area contributed by atoms with Gasteiger partial charge in [-0.15, -0.1) is 0 Å². The molecule has 1 amide bonds. The van der Waals surface area contributed by atoms with E-state index in [0.717, 1.165) is 10.6 Å². The van der Waals surface area contributed by atoms with E-state index in [1.807, 2.05) is 56.3 Å². The molecule has 1 aromatic carbocycles. The fourth-order valence-electron chi connectivity index (χ4n) is 2.32. The van der Waals surface area contributed by atoms with Gasteiger partial charge >= 0.3 is 0 Å². The molecule has 0 fully saturated rings. The molecule has 4 heteroatoms. The first-order valence-electron chi connectivity index (χ1n) is 6.95. The molecule has 1 N–H and O–H groups in total. The average Bonchev–Trinajstić information content (AvgIpc) is 2.86. The van der Waals surface area contributed by atoms with Crippen molar-refractivity contribution < 1.29 is 14.7 Å². The minimum absolute atomic E-state index is 0.0285. The van der Waals surface area contributed by atoms with Crippen LogP contribution in [0.1, 0.15) is 25.8 Å². The number of benzene rings is 1. The Morgan fingerprint density at radius 3 is 2.70 bits per heavy atom. The zero-order valence-electron chi connectivity index (χ0n) is 11.9. The molecular weight excluding hydrogens is 254 g/mol. The molecule has 0 saturated heterocycles. The third-order valence-electron chi connectivity index (χ3n) is 3.24. The number of carbonyl (C=O) groups is 1. The van der Waals surface area contributed by atoms with Gasteiger partial charge in [0.15, 0.2) is 0 Å². The molecule has 0 radical (unpaired) electrons. The monoisotopic (exact) mass is 275 g/mol. The molecule has 1 aromatic rings. The van der Waals surface area contributed by atoms with E-state index in [-0.39, 0.29) is 30.6 Å². The number of nitrogens with zero attached hydrogens (tertiary/aromatic N) is 1. The molecule has 0 bridgehead atoms. The third kappa shape index (κ3) is 3.92. The second kappa shape index (κ2) is 6.68. The van der Waals surface area contributed by atoms with Crippen molar-refractivity contribution in [2.75, 3.05) is 0 Å². The summed E-state index contributed by atoms with van der Waals surface area (Å²) in [6, 6.07) is 9.12. The van der Waals surface area contributed by atoms with Gasteiger partial charge in [0.2, 0.25) is 0 Å². The molecule has 0 aromatic heterocycles. The number of amides is 1. The van der Waals surface area contributed by atoms with Crippen molar-refractivity contribution in [1.29, 1.82) is 0 Å². The Balaban J connectivity index is 1.87. The summed E-state index contributed by atoms with van der Waals surface area (Å²) in [5, 5.41) is 10.8. The molecule has 4 nitrogen and oxygen atoms in total. The largest absolute Gasteiger partial charge is 0.371 e. The minimum Gasteiger partial charge on any atom is -0.371 e. The van der Waals surface area contributed by atoms with E-state index < -0.39 is 0 Å². The Labute approximate surface area is 119 Å². The second-order valence-electron chi connectivity index (χ2n) is 5.31. The van der Waals surface area contributed by atoms with Crippen LogP contribution in [0.4, 0.5) is 0 Å². The molecule has 1 aliphatic rings. The standard InChI is InChI=1S/C16H21NO3/c1-12(2)20-15-9-8-14(11-15)17(19)16(18)10-13-6-4-3-5-7-13/h3-9,12,14-15,19H,10-11H2,1-2H3/t14-,15+/m1/s1. The van der Waals surface area contributed by atoms with Gasteiger partial charge < -0.3 is 4.74 Å². The summed E-state index contributed by atoms with van der Waals surface area (Å²) in [4.78, 5) is 12.0. The van der Waals surface area contributed by atoms with Crippen molar-refractivity contribution in [3.8, 4) is 0 Å². The van der Waals surface area contributed by atoms with Gasteiger partial charge in [0.1, 0.15) is 0 Å². The summed E-state index contributed by atoms with van der Waals surface area (Å²) in [5.41, 5.74) is 0.897. The van der Waals surface area contributed by atoms with Crippen molar-refractivity contribution in [3.63, 3.8) is 0 Å². The van der Waals surface area contributed by atoms with Crippen LogP contribution < -0.4 is 0 Å². The second-order valence-corrected chi connectivity index (χ2v) is 5.31. The molecule has 0 saturated carbocycles. The Bertz CT molecular complexity index is 470. The van der Waals surface area contributed by atoms with E-state index in [9.17, 15) is 10.0 Å². The van der Waals surface area contributed by atoms with Crippen LogP contribution in [0.3, 0.4) is 0 Å². The highest BCUT2D eigenvalue weighted by atomic mass is 16.5. The van der Waals surface area contributed by atoms with Crippen molar-refractivity contribution in [3.05, 3.63) is 48.0 Å². The van der Waals surface area contributed by atoms with E-state index in [1.165, 1.54) is 0 Å². The topological polar surface area (TPSA) is 49.8 Å². The van der Waals surface area contributed by atoms with Gasteiger partial charge in [-0.3, -0.25) is 10.0 Å². The van der Waals surface area contributed by atoms with Gasteiger partial charge in [-0.1, -0.05) is 42.5 Å². The average molecular weight is 275 g/mol. The molecule has 0 unspecified atom stereocenters. The maximum Gasteiger partial charge on any atom is 0.250 e.